The van der Waals surface area contributed by atoms with Crippen molar-refractivity contribution in [2.75, 3.05) is 7.11 Å². The van der Waals surface area contributed by atoms with Crippen molar-refractivity contribution < 1.29 is 4.74 Å². The Labute approximate surface area is 79.2 Å². The molecule has 0 spiro atoms. The Kier molecular flexibility index (Phi) is 2.77. The molecule has 0 bridgehead atoms. The van der Waals surface area contributed by atoms with Gasteiger partial charge in [0.05, 0.1) is 0 Å². The second-order valence-electron chi connectivity index (χ2n) is 2.07. The molecule has 0 amide bonds. The zero-order valence-electron chi connectivity index (χ0n) is 5.55. The smallest absolute Gasteiger partial charge is 0.143 e. The molecule has 0 fully saturated rings. The molecule has 1 rings (SSSR count). The van der Waals surface area contributed by atoms with Gasteiger partial charge in [0.2, 0.25) is 0 Å². The summed E-state index contributed by atoms with van der Waals surface area (Å²) in [6.07, 6.45) is 7.71. The van der Waals surface area contributed by atoms with Crippen molar-refractivity contribution in [3.8, 4) is 0 Å². The summed E-state index contributed by atoms with van der Waals surface area (Å²) in [6, 6.07) is 0. The first-order valence-electron chi connectivity index (χ1n) is 2.93. The van der Waals surface area contributed by atoms with Gasteiger partial charge in [-0.1, -0.05) is 58.5 Å². The maximum atomic E-state index is 6.06. The second-order valence-corrected chi connectivity index (χ2v) is 5.12. The summed E-state index contributed by atoms with van der Waals surface area (Å²) >= 11 is 8.22. The van der Waals surface area contributed by atoms with Gasteiger partial charge in [0, 0.05) is 7.11 Å². The van der Waals surface area contributed by atoms with Crippen LogP contribution in [0, 0.1) is 0 Å². The molecular weight excluding hydrogens is 262 g/mol. The molecule has 0 saturated carbocycles. The van der Waals surface area contributed by atoms with E-state index in [2.05, 4.69) is 22.6 Å². The lowest BCUT2D eigenvalue weighted by Gasteiger charge is -2.25. The van der Waals surface area contributed by atoms with E-state index in [1.807, 2.05) is 24.3 Å². The number of hydrogen-bond donors (Lipinski definition) is 0. The Morgan fingerprint density at radius 1 is 1.60 bits per heavy atom. The molecule has 1 nitrogen and oxygen atoms in total. The molecule has 0 aromatic rings. The largest absolute Gasteiger partial charge is 0.374 e. The molecule has 0 heterocycles. The van der Waals surface area contributed by atoms with Gasteiger partial charge in [-0.2, -0.15) is 0 Å². The van der Waals surface area contributed by atoms with Gasteiger partial charge in [-0.15, -0.1) is 0 Å². The highest BCUT2D eigenvalue weighted by Gasteiger charge is 2.30. The van der Waals surface area contributed by atoms with Crippen LogP contribution in [0.3, 0.4) is 0 Å². The van der Waals surface area contributed by atoms with Crippen LogP contribution in [-0.2, 0) is 4.74 Å². The predicted octanol–water partition coefficient (Wildman–Crippen LogP) is 2.50. The van der Waals surface area contributed by atoms with Crippen LogP contribution < -0.4 is 0 Å². The molecule has 10 heavy (non-hydrogen) atoms. The van der Waals surface area contributed by atoms with E-state index in [1.54, 1.807) is 7.11 Å². The average Bonchev–Trinajstić information content (AvgIpc) is 1.87. The lowest BCUT2D eigenvalue weighted by Crippen LogP contribution is -2.29. The van der Waals surface area contributed by atoms with Crippen LogP contribution >= 0.6 is 34.2 Å². The summed E-state index contributed by atoms with van der Waals surface area (Å²) in [4.78, 5) is 0. The van der Waals surface area contributed by atoms with E-state index >= 15 is 0 Å². The summed E-state index contributed by atoms with van der Waals surface area (Å²) < 4.78 is 4.73. The van der Waals surface area contributed by atoms with Gasteiger partial charge < -0.3 is 4.74 Å². The molecule has 2 unspecified atom stereocenters. The van der Waals surface area contributed by atoms with E-state index in [4.69, 9.17) is 16.3 Å². The van der Waals surface area contributed by atoms with Gasteiger partial charge in [0.15, 0.2) is 0 Å². The molecule has 0 aliphatic heterocycles. The summed E-state index contributed by atoms with van der Waals surface area (Å²) in [5, 5.41) is 0. The van der Waals surface area contributed by atoms with Gasteiger partial charge in [-0.25, -0.2) is 0 Å². The fraction of sp³-hybridized carbons (Fsp3) is 0.429. The van der Waals surface area contributed by atoms with Gasteiger partial charge in [-0.3, -0.25) is 0 Å². The lowest BCUT2D eigenvalue weighted by atomic mass is 10.1. The first-order valence-corrected chi connectivity index (χ1v) is 4.39. The maximum absolute atomic E-state index is 6.06. The summed E-state index contributed by atoms with van der Waals surface area (Å²) in [7, 11) is 1.66. The Balaban J connectivity index is 2.74. The van der Waals surface area contributed by atoms with Crippen LogP contribution in [0.2, 0.25) is 0 Å². The molecule has 0 radical (unpaired) electrons. The molecule has 0 N–H and O–H groups in total. The summed E-state index contributed by atoms with van der Waals surface area (Å²) in [5.74, 6) is 0. The zero-order valence-corrected chi connectivity index (χ0v) is 8.46. The highest BCUT2D eigenvalue weighted by atomic mass is 127. The number of allylic oxidation sites excluding steroid dienone is 2. The Morgan fingerprint density at radius 3 is 2.70 bits per heavy atom. The van der Waals surface area contributed by atoms with Crippen molar-refractivity contribution in [3.05, 3.63) is 24.3 Å². The van der Waals surface area contributed by atoms with Gasteiger partial charge in [0.25, 0.3) is 0 Å². The highest BCUT2D eigenvalue weighted by Crippen LogP contribution is 2.34. The van der Waals surface area contributed by atoms with E-state index in [0.29, 0.717) is 0 Å². The first-order chi connectivity index (χ1) is 4.67. The minimum atomic E-state index is -0.402. The summed E-state index contributed by atoms with van der Waals surface area (Å²) in [5.41, 5.74) is 0. The lowest BCUT2D eigenvalue weighted by molar-refractivity contribution is 0.142. The molecule has 2 atom stereocenters. The van der Waals surface area contributed by atoms with Crippen molar-refractivity contribution in [3.63, 3.8) is 0 Å². The minimum absolute atomic E-state index is 0.0141. The molecule has 0 aromatic carbocycles. The second kappa shape index (κ2) is 3.24. The number of halogens is 2. The topological polar surface area (TPSA) is 9.23 Å². The maximum Gasteiger partial charge on any atom is 0.143 e. The van der Waals surface area contributed by atoms with Crippen LogP contribution in [0.25, 0.3) is 0 Å². The Hall–Kier alpha value is 0.460. The van der Waals surface area contributed by atoms with Crippen molar-refractivity contribution in [1.29, 1.82) is 0 Å². The van der Waals surface area contributed by atoms with Crippen LogP contribution in [0.5, 0.6) is 0 Å². The average molecular weight is 270 g/mol. The van der Waals surface area contributed by atoms with Gasteiger partial charge in [-0.05, 0) is 0 Å². The van der Waals surface area contributed by atoms with E-state index in [0.717, 1.165) is 0 Å². The van der Waals surface area contributed by atoms with E-state index in [-0.39, 0.29) is 6.10 Å². The Bertz CT molecular complexity index is 174. The third kappa shape index (κ3) is 1.74. The number of methoxy groups -OCH3 is 1. The fourth-order valence-corrected chi connectivity index (χ4v) is 1.71. The molecule has 56 valence electrons. The van der Waals surface area contributed by atoms with Crippen molar-refractivity contribution >= 4 is 34.2 Å². The highest BCUT2D eigenvalue weighted by molar-refractivity contribution is 14.1. The zero-order chi connectivity index (χ0) is 7.61. The number of hydrogen-bond acceptors (Lipinski definition) is 1. The molecule has 3 heteroatoms. The molecular formula is C7H8ClIO. The van der Waals surface area contributed by atoms with Crippen LogP contribution in [-0.4, -0.2) is 16.1 Å². The van der Waals surface area contributed by atoms with Gasteiger partial charge >= 0.3 is 0 Å². The van der Waals surface area contributed by atoms with Crippen LogP contribution in [0.1, 0.15) is 0 Å². The van der Waals surface area contributed by atoms with Gasteiger partial charge in [0.1, 0.15) is 8.98 Å². The monoisotopic (exact) mass is 270 g/mol. The van der Waals surface area contributed by atoms with E-state index in [1.165, 1.54) is 0 Å². The van der Waals surface area contributed by atoms with E-state index in [9.17, 15) is 0 Å². The van der Waals surface area contributed by atoms with Crippen LogP contribution in [0.4, 0.5) is 0 Å². The van der Waals surface area contributed by atoms with Crippen molar-refractivity contribution in [2.45, 2.75) is 8.98 Å². The SMILES string of the molecule is COC1C=CC=CC1(Cl)I. The molecule has 0 saturated heterocycles. The quantitative estimate of drug-likeness (QED) is 0.525. The molecule has 1 aliphatic rings. The molecule has 0 aromatic heterocycles. The number of alkyl halides is 2. The molecule has 1 aliphatic carbocycles. The normalized spacial score (nSPS) is 38.5. The summed E-state index contributed by atoms with van der Waals surface area (Å²) in [6.45, 7) is 0. The third-order valence-electron chi connectivity index (χ3n) is 1.35. The van der Waals surface area contributed by atoms with Crippen molar-refractivity contribution in [2.24, 2.45) is 0 Å². The number of rotatable bonds is 1. The van der Waals surface area contributed by atoms with Crippen molar-refractivity contribution in [1.82, 2.24) is 0 Å². The standard InChI is InChI=1S/C7H8ClIO/c1-10-6-4-2-3-5-7(6,8)9/h2-6H,1H3. The van der Waals surface area contributed by atoms with E-state index < -0.39 is 2.88 Å². The minimum Gasteiger partial charge on any atom is -0.374 e. The predicted molar refractivity (Wildman–Crippen MR) is 51.7 cm³/mol. The Morgan fingerprint density at radius 2 is 2.30 bits per heavy atom. The first kappa shape index (κ1) is 8.56. The van der Waals surface area contributed by atoms with Crippen LogP contribution in [0.15, 0.2) is 24.3 Å². The number of ether oxygens (including phenoxy) is 1. The fourth-order valence-electron chi connectivity index (χ4n) is 0.808. The third-order valence-corrected chi connectivity index (χ3v) is 2.66.